The molecular formula is C17H20ClNO. The first-order valence-corrected chi connectivity index (χ1v) is 7.06. The molecule has 2 aromatic rings. The molecule has 0 heterocycles. The molecule has 0 aliphatic rings. The van der Waals surface area contributed by atoms with Crippen molar-refractivity contribution in [3.05, 3.63) is 63.7 Å². The number of aryl methyl sites for hydroxylation is 3. The Morgan fingerprint density at radius 1 is 1.05 bits per heavy atom. The van der Waals surface area contributed by atoms with E-state index in [0.717, 1.165) is 16.9 Å². The van der Waals surface area contributed by atoms with Gasteiger partial charge in [-0.1, -0.05) is 47.0 Å². The summed E-state index contributed by atoms with van der Waals surface area (Å²) in [5, 5.41) is 0.672. The van der Waals surface area contributed by atoms with Gasteiger partial charge in [-0.15, -0.1) is 0 Å². The van der Waals surface area contributed by atoms with Gasteiger partial charge >= 0.3 is 0 Å². The van der Waals surface area contributed by atoms with E-state index < -0.39 is 0 Å². The highest BCUT2D eigenvalue weighted by Crippen LogP contribution is 2.24. The van der Waals surface area contributed by atoms with Crippen molar-refractivity contribution < 1.29 is 4.74 Å². The Balaban J connectivity index is 2.08. The minimum absolute atomic E-state index is 0.146. The zero-order valence-electron chi connectivity index (χ0n) is 12.1. The molecule has 0 spiro atoms. The van der Waals surface area contributed by atoms with Gasteiger partial charge in [0, 0.05) is 5.02 Å². The SMILES string of the molecule is Cc1cc(C)cc(C(N)COc2cc(Cl)ccc2C)c1. The van der Waals surface area contributed by atoms with Crippen LogP contribution in [-0.4, -0.2) is 6.61 Å². The lowest BCUT2D eigenvalue weighted by molar-refractivity contribution is 0.289. The fourth-order valence-corrected chi connectivity index (χ4v) is 2.39. The number of hydrogen-bond acceptors (Lipinski definition) is 2. The molecule has 2 N–H and O–H groups in total. The Morgan fingerprint density at radius 3 is 2.35 bits per heavy atom. The first-order chi connectivity index (χ1) is 9.45. The predicted molar refractivity (Wildman–Crippen MR) is 84.5 cm³/mol. The largest absolute Gasteiger partial charge is 0.491 e. The van der Waals surface area contributed by atoms with Gasteiger partial charge in [-0.25, -0.2) is 0 Å². The van der Waals surface area contributed by atoms with Crippen LogP contribution in [0.25, 0.3) is 0 Å². The second-order valence-corrected chi connectivity index (χ2v) is 5.68. The minimum atomic E-state index is -0.146. The van der Waals surface area contributed by atoms with Crippen LogP contribution in [0.2, 0.25) is 5.02 Å². The molecule has 106 valence electrons. The molecule has 1 unspecified atom stereocenters. The summed E-state index contributed by atoms with van der Waals surface area (Å²) in [7, 11) is 0. The second-order valence-electron chi connectivity index (χ2n) is 5.25. The minimum Gasteiger partial charge on any atom is -0.491 e. The first-order valence-electron chi connectivity index (χ1n) is 6.68. The Morgan fingerprint density at radius 2 is 1.70 bits per heavy atom. The molecule has 0 saturated heterocycles. The van der Waals surface area contributed by atoms with Gasteiger partial charge in [0.15, 0.2) is 0 Å². The summed E-state index contributed by atoms with van der Waals surface area (Å²) < 4.78 is 5.80. The summed E-state index contributed by atoms with van der Waals surface area (Å²) in [4.78, 5) is 0. The number of benzene rings is 2. The van der Waals surface area contributed by atoms with Crippen LogP contribution >= 0.6 is 11.6 Å². The number of ether oxygens (including phenoxy) is 1. The molecule has 2 aromatic carbocycles. The Labute approximate surface area is 125 Å². The van der Waals surface area contributed by atoms with Crippen molar-refractivity contribution in [2.45, 2.75) is 26.8 Å². The molecule has 2 rings (SSSR count). The molecule has 3 heteroatoms. The van der Waals surface area contributed by atoms with Gasteiger partial charge in [-0.3, -0.25) is 0 Å². The van der Waals surface area contributed by atoms with E-state index in [2.05, 4.69) is 32.0 Å². The quantitative estimate of drug-likeness (QED) is 0.908. The zero-order valence-corrected chi connectivity index (χ0v) is 12.9. The van der Waals surface area contributed by atoms with E-state index in [1.807, 2.05) is 25.1 Å². The maximum absolute atomic E-state index is 6.21. The van der Waals surface area contributed by atoms with Crippen LogP contribution in [0.4, 0.5) is 0 Å². The standard InChI is InChI=1S/C17H20ClNO/c1-11-6-12(2)8-14(7-11)16(19)10-20-17-9-15(18)5-4-13(17)3/h4-9,16H,10,19H2,1-3H3. The predicted octanol–water partition coefficient (Wildman–Crippen LogP) is 4.34. The molecular weight excluding hydrogens is 270 g/mol. The molecule has 0 aliphatic carbocycles. The van der Waals surface area contributed by atoms with Crippen LogP contribution in [-0.2, 0) is 0 Å². The molecule has 0 bridgehead atoms. The van der Waals surface area contributed by atoms with Gasteiger partial charge in [0.1, 0.15) is 12.4 Å². The summed E-state index contributed by atoms with van der Waals surface area (Å²) >= 11 is 5.98. The summed E-state index contributed by atoms with van der Waals surface area (Å²) in [6, 6.07) is 11.8. The highest BCUT2D eigenvalue weighted by Gasteiger charge is 2.09. The molecule has 0 aliphatic heterocycles. The van der Waals surface area contributed by atoms with Crippen LogP contribution in [0.5, 0.6) is 5.75 Å². The molecule has 0 fully saturated rings. The molecule has 0 aromatic heterocycles. The van der Waals surface area contributed by atoms with Crippen molar-refractivity contribution >= 4 is 11.6 Å². The smallest absolute Gasteiger partial charge is 0.123 e. The third kappa shape index (κ3) is 3.75. The summed E-state index contributed by atoms with van der Waals surface area (Å²) in [6.07, 6.45) is 0. The van der Waals surface area contributed by atoms with Crippen LogP contribution in [0.1, 0.15) is 28.3 Å². The van der Waals surface area contributed by atoms with E-state index in [0.29, 0.717) is 11.6 Å². The van der Waals surface area contributed by atoms with Crippen molar-refractivity contribution in [1.29, 1.82) is 0 Å². The lowest BCUT2D eigenvalue weighted by Gasteiger charge is -2.16. The summed E-state index contributed by atoms with van der Waals surface area (Å²) in [6.45, 7) is 6.58. The lowest BCUT2D eigenvalue weighted by Crippen LogP contribution is -2.19. The lowest BCUT2D eigenvalue weighted by atomic mass is 10.0. The average molecular weight is 290 g/mol. The Kier molecular flexibility index (Phi) is 4.69. The first kappa shape index (κ1) is 14.9. The third-order valence-electron chi connectivity index (χ3n) is 3.24. The molecule has 0 radical (unpaired) electrons. The van der Waals surface area contributed by atoms with Crippen molar-refractivity contribution in [2.24, 2.45) is 5.73 Å². The monoisotopic (exact) mass is 289 g/mol. The normalized spacial score (nSPS) is 12.2. The van der Waals surface area contributed by atoms with E-state index in [-0.39, 0.29) is 6.04 Å². The number of nitrogens with two attached hydrogens (primary N) is 1. The highest BCUT2D eigenvalue weighted by molar-refractivity contribution is 6.30. The van der Waals surface area contributed by atoms with E-state index in [9.17, 15) is 0 Å². The molecule has 2 nitrogen and oxygen atoms in total. The third-order valence-corrected chi connectivity index (χ3v) is 3.48. The van der Waals surface area contributed by atoms with Crippen molar-refractivity contribution in [3.8, 4) is 5.75 Å². The van der Waals surface area contributed by atoms with Gasteiger partial charge in [0.2, 0.25) is 0 Å². The Hall–Kier alpha value is -1.51. The second kappa shape index (κ2) is 6.29. The number of hydrogen-bond donors (Lipinski definition) is 1. The van der Waals surface area contributed by atoms with E-state index in [4.69, 9.17) is 22.1 Å². The van der Waals surface area contributed by atoms with Gasteiger partial charge in [0.05, 0.1) is 6.04 Å². The van der Waals surface area contributed by atoms with Crippen LogP contribution < -0.4 is 10.5 Å². The van der Waals surface area contributed by atoms with Crippen LogP contribution in [0.3, 0.4) is 0 Å². The maximum atomic E-state index is 6.21. The fraction of sp³-hybridized carbons (Fsp3) is 0.294. The van der Waals surface area contributed by atoms with E-state index in [1.165, 1.54) is 11.1 Å². The molecule has 0 amide bonds. The van der Waals surface area contributed by atoms with Gasteiger partial charge < -0.3 is 10.5 Å². The van der Waals surface area contributed by atoms with Crippen molar-refractivity contribution in [2.75, 3.05) is 6.61 Å². The van der Waals surface area contributed by atoms with Gasteiger partial charge in [0.25, 0.3) is 0 Å². The molecule has 0 saturated carbocycles. The molecule has 1 atom stereocenters. The number of rotatable bonds is 4. The van der Waals surface area contributed by atoms with Crippen LogP contribution in [0, 0.1) is 20.8 Å². The summed E-state index contributed by atoms with van der Waals surface area (Å²) in [5.41, 5.74) is 10.8. The number of halogens is 1. The van der Waals surface area contributed by atoms with Crippen LogP contribution in [0.15, 0.2) is 36.4 Å². The van der Waals surface area contributed by atoms with Gasteiger partial charge in [-0.2, -0.15) is 0 Å². The van der Waals surface area contributed by atoms with E-state index in [1.54, 1.807) is 0 Å². The molecule has 20 heavy (non-hydrogen) atoms. The zero-order chi connectivity index (χ0) is 14.7. The Bertz CT molecular complexity index is 590. The van der Waals surface area contributed by atoms with Crippen molar-refractivity contribution in [3.63, 3.8) is 0 Å². The fourth-order valence-electron chi connectivity index (χ4n) is 2.23. The van der Waals surface area contributed by atoms with Crippen molar-refractivity contribution in [1.82, 2.24) is 0 Å². The topological polar surface area (TPSA) is 35.2 Å². The summed E-state index contributed by atoms with van der Waals surface area (Å²) in [5.74, 6) is 0.789. The highest BCUT2D eigenvalue weighted by atomic mass is 35.5. The van der Waals surface area contributed by atoms with E-state index >= 15 is 0 Å². The van der Waals surface area contributed by atoms with Gasteiger partial charge in [-0.05, 0) is 44.0 Å². The average Bonchev–Trinajstić information content (AvgIpc) is 2.38. The maximum Gasteiger partial charge on any atom is 0.123 e.